The van der Waals surface area contributed by atoms with E-state index in [1.807, 2.05) is 0 Å². The second-order valence-electron chi connectivity index (χ2n) is 7.08. The lowest BCUT2D eigenvalue weighted by molar-refractivity contribution is -0.143. The smallest absolute Gasteiger partial charge is 0.363 e. The van der Waals surface area contributed by atoms with Crippen molar-refractivity contribution < 1.29 is 35.3 Å². The van der Waals surface area contributed by atoms with Gasteiger partial charge in [-0.2, -0.15) is 18.3 Å². The number of carbonyl (C=O) groups is 1. The standard InChI is InChI=1S/C16H19F4N5O4S/c1-15(17,30(27,28)11-9-24(2)22-13(11)16(18,19)20)10-3-6-25(7-4-10)14(26)21-12-5-8-29-23-12/h5,8-10H,3-4,6-7H2,1-2H3,(H,21,23,26). The van der Waals surface area contributed by atoms with Crippen LogP contribution < -0.4 is 5.32 Å². The van der Waals surface area contributed by atoms with E-state index in [1.165, 1.54) is 17.2 Å². The predicted octanol–water partition coefficient (Wildman–Crippen LogP) is 2.83. The molecular weight excluding hydrogens is 434 g/mol. The fourth-order valence-electron chi connectivity index (χ4n) is 3.36. The second-order valence-corrected chi connectivity index (χ2v) is 9.32. The highest BCUT2D eigenvalue weighted by molar-refractivity contribution is 7.92. The van der Waals surface area contributed by atoms with Crippen LogP contribution in [0.5, 0.6) is 0 Å². The van der Waals surface area contributed by atoms with Crippen molar-refractivity contribution in [3.8, 4) is 0 Å². The van der Waals surface area contributed by atoms with Gasteiger partial charge in [-0.15, -0.1) is 0 Å². The summed E-state index contributed by atoms with van der Waals surface area (Å²) in [5, 5.41) is 6.16. The Bertz CT molecular complexity index is 1010. The van der Waals surface area contributed by atoms with Gasteiger partial charge in [0.25, 0.3) is 0 Å². The molecule has 2 amide bonds. The number of nitrogens with zero attached hydrogens (tertiary/aromatic N) is 4. The van der Waals surface area contributed by atoms with Crippen LogP contribution in [0.2, 0.25) is 0 Å². The summed E-state index contributed by atoms with van der Waals surface area (Å²) in [4.78, 5) is 12.3. The monoisotopic (exact) mass is 453 g/mol. The number of alkyl halides is 4. The number of carbonyl (C=O) groups excluding carboxylic acids is 1. The summed E-state index contributed by atoms with van der Waals surface area (Å²) < 4.78 is 86.0. The average Bonchev–Trinajstić information content (AvgIpc) is 3.31. The number of urea groups is 1. The molecule has 14 heteroatoms. The molecule has 1 aliphatic rings. The van der Waals surface area contributed by atoms with E-state index in [-0.39, 0.29) is 31.7 Å². The van der Waals surface area contributed by atoms with Crippen molar-refractivity contribution in [3.05, 3.63) is 24.2 Å². The molecule has 1 N–H and O–H groups in total. The van der Waals surface area contributed by atoms with Gasteiger partial charge in [-0.05, 0) is 19.8 Å². The van der Waals surface area contributed by atoms with Crippen molar-refractivity contribution in [2.45, 2.75) is 35.8 Å². The van der Waals surface area contributed by atoms with Crippen LogP contribution in [0.4, 0.5) is 28.2 Å². The number of halogens is 4. The first-order valence-electron chi connectivity index (χ1n) is 8.84. The Balaban J connectivity index is 1.76. The molecule has 0 aromatic carbocycles. The maximum Gasteiger partial charge on any atom is 0.436 e. The van der Waals surface area contributed by atoms with Crippen molar-refractivity contribution in [2.24, 2.45) is 13.0 Å². The fraction of sp³-hybridized carbons (Fsp3) is 0.562. The van der Waals surface area contributed by atoms with E-state index in [0.29, 0.717) is 10.9 Å². The summed E-state index contributed by atoms with van der Waals surface area (Å²) >= 11 is 0. The average molecular weight is 453 g/mol. The number of amides is 2. The number of aryl methyl sites for hydroxylation is 1. The van der Waals surface area contributed by atoms with Gasteiger partial charge in [0.2, 0.25) is 14.8 Å². The molecule has 0 bridgehead atoms. The molecule has 166 valence electrons. The highest BCUT2D eigenvalue weighted by Gasteiger charge is 2.52. The minimum absolute atomic E-state index is 0.0164. The molecule has 0 saturated carbocycles. The zero-order valence-electron chi connectivity index (χ0n) is 16.0. The highest BCUT2D eigenvalue weighted by Crippen LogP contribution is 2.43. The zero-order valence-corrected chi connectivity index (χ0v) is 16.8. The third-order valence-electron chi connectivity index (χ3n) is 5.06. The van der Waals surface area contributed by atoms with Gasteiger partial charge < -0.3 is 9.42 Å². The molecule has 0 radical (unpaired) electrons. The number of likely N-dealkylation sites (tertiary alicyclic amines) is 1. The molecule has 1 fully saturated rings. The number of aromatic nitrogens is 3. The molecule has 3 rings (SSSR count). The first kappa shape index (κ1) is 22.1. The lowest BCUT2D eigenvalue weighted by Gasteiger charge is -2.37. The molecule has 3 heterocycles. The molecule has 30 heavy (non-hydrogen) atoms. The van der Waals surface area contributed by atoms with Crippen molar-refractivity contribution in [1.82, 2.24) is 19.8 Å². The molecular formula is C16H19F4N5O4S. The van der Waals surface area contributed by atoms with Crippen LogP contribution >= 0.6 is 0 Å². The number of rotatable bonds is 4. The van der Waals surface area contributed by atoms with Crippen LogP contribution in [0.15, 0.2) is 27.9 Å². The molecule has 2 aromatic heterocycles. The summed E-state index contributed by atoms with van der Waals surface area (Å²) in [6.07, 6.45) is -3.26. The van der Waals surface area contributed by atoms with Crippen LogP contribution in [0.3, 0.4) is 0 Å². The maximum atomic E-state index is 15.5. The number of hydrogen-bond acceptors (Lipinski definition) is 6. The van der Waals surface area contributed by atoms with Gasteiger partial charge in [-0.3, -0.25) is 10.00 Å². The van der Waals surface area contributed by atoms with E-state index in [2.05, 4.69) is 20.1 Å². The molecule has 0 aliphatic carbocycles. The predicted molar refractivity (Wildman–Crippen MR) is 94.7 cm³/mol. The van der Waals surface area contributed by atoms with Crippen LogP contribution in [-0.4, -0.2) is 52.4 Å². The lowest BCUT2D eigenvalue weighted by Crippen LogP contribution is -2.48. The first-order chi connectivity index (χ1) is 13.8. The fourth-order valence-corrected chi connectivity index (χ4v) is 5.16. The van der Waals surface area contributed by atoms with E-state index in [4.69, 9.17) is 0 Å². The largest absolute Gasteiger partial charge is 0.436 e. The molecule has 9 nitrogen and oxygen atoms in total. The van der Waals surface area contributed by atoms with Crippen LogP contribution in [-0.2, 0) is 23.1 Å². The van der Waals surface area contributed by atoms with Crippen molar-refractivity contribution in [2.75, 3.05) is 18.4 Å². The Morgan fingerprint density at radius 3 is 2.43 bits per heavy atom. The SMILES string of the molecule is Cn1cc(S(=O)(=O)C(C)(F)C2CCN(C(=O)Nc3ccon3)CC2)c(C(F)(F)F)n1. The number of anilines is 1. The topological polar surface area (TPSA) is 110 Å². The summed E-state index contributed by atoms with van der Waals surface area (Å²) in [7, 11) is -3.90. The molecule has 1 atom stereocenters. The number of piperidine rings is 1. The van der Waals surface area contributed by atoms with Gasteiger partial charge in [-0.1, -0.05) is 5.16 Å². The second kappa shape index (κ2) is 7.56. The van der Waals surface area contributed by atoms with Crippen LogP contribution in [0, 0.1) is 5.92 Å². The third kappa shape index (κ3) is 4.00. The summed E-state index contributed by atoms with van der Waals surface area (Å²) in [6.45, 7) is 0.788. The van der Waals surface area contributed by atoms with Crippen molar-refractivity contribution in [3.63, 3.8) is 0 Å². The normalized spacial score (nSPS) is 18.3. The Morgan fingerprint density at radius 2 is 1.90 bits per heavy atom. The van der Waals surface area contributed by atoms with E-state index >= 15 is 4.39 Å². The van der Waals surface area contributed by atoms with E-state index in [1.54, 1.807) is 0 Å². The molecule has 1 saturated heterocycles. The Labute approximate surface area is 168 Å². The third-order valence-corrected chi connectivity index (χ3v) is 7.32. The van der Waals surface area contributed by atoms with Crippen LogP contribution in [0.1, 0.15) is 25.5 Å². The van der Waals surface area contributed by atoms with Gasteiger partial charge in [0.15, 0.2) is 11.5 Å². The maximum absolute atomic E-state index is 15.5. The highest BCUT2D eigenvalue weighted by atomic mass is 32.2. The zero-order chi connectivity index (χ0) is 22.3. The van der Waals surface area contributed by atoms with E-state index in [9.17, 15) is 26.4 Å². The molecule has 2 aromatic rings. The van der Waals surface area contributed by atoms with Gasteiger partial charge in [0, 0.05) is 38.3 Å². The Hall–Kier alpha value is -2.64. The minimum atomic E-state index is -5.05. The lowest BCUT2D eigenvalue weighted by atomic mass is 9.92. The summed E-state index contributed by atoms with van der Waals surface area (Å²) in [6, 6.07) is 0.888. The molecule has 1 unspecified atom stereocenters. The Kier molecular flexibility index (Phi) is 5.56. The van der Waals surface area contributed by atoms with E-state index < -0.39 is 43.6 Å². The van der Waals surface area contributed by atoms with Gasteiger partial charge in [0.1, 0.15) is 11.2 Å². The van der Waals surface area contributed by atoms with Crippen LogP contribution in [0.25, 0.3) is 0 Å². The van der Waals surface area contributed by atoms with Crippen molar-refractivity contribution in [1.29, 1.82) is 0 Å². The van der Waals surface area contributed by atoms with Gasteiger partial charge >= 0.3 is 12.2 Å². The Morgan fingerprint density at radius 1 is 1.27 bits per heavy atom. The first-order valence-corrected chi connectivity index (χ1v) is 10.3. The van der Waals surface area contributed by atoms with Crippen molar-refractivity contribution >= 4 is 21.7 Å². The summed E-state index contributed by atoms with van der Waals surface area (Å²) in [5.41, 5.74) is -1.65. The van der Waals surface area contributed by atoms with Gasteiger partial charge in [0.05, 0.1) is 0 Å². The number of nitrogens with one attached hydrogen (secondary N) is 1. The number of hydrogen-bond donors (Lipinski definition) is 1. The molecule has 0 spiro atoms. The van der Waals surface area contributed by atoms with Gasteiger partial charge in [-0.25, -0.2) is 17.6 Å². The number of sulfone groups is 1. The summed E-state index contributed by atoms with van der Waals surface area (Å²) in [5.74, 6) is -0.934. The van der Waals surface area contributed by atoms with E-state index in [0.717, 1.165) is 14.0 Å². The minimum Gasteiger partial charge on any atom is -0.363 e. The molecule has 1 aliphatic heterocycles. The quantitative estimate of drug-likeness (QED) is 0.713.